The molecule has 2 N–H and O–H groups in total. The third kappa shape index (κ3) is 2.92. The van der Waals surface area contributed by atoms with Gasteiger partial charge in [-0.2, -0.15) is 5.10 Å². The van der Waals surface area contributed by atoms with E-state index in [1.807, 2.05) is 0 Å². The quantitative estimate of drug-likeness (QED) is 0.884. The molecule has 1 saturated carbocycles. The van der Waals surface area contributed by atoms with E-state index in [1.54, 1.807) is 6.20 Å². The fourth-order valence-corrected chi connectivity index (χ4v) is 2.79. The van der Waals surface area contributed by atoms with Gasteiger partial charge in [0.2, 0.25) is 0 Å². The zero-order valence-corrected chi connectivity index (χ0v) is 12.0. The van der Waals surface area contributed by atoms with Gasteiger partial charge in [-0.25, -0.2) is 4.68 Å². The summed E-state index contributed by atoms with van der Waals surface area (Å²) in [4.78, 5) is 11.9. The van der Waals surface area contributed by atoms with Crippen LogP contribution < -0.4 is 10.9 Å². The van der Waals surface area contributed by atoms with Crippen molar-refractivity contribution in [2.75, 3.05) is 11.9 Å². The second kappa shape index (κ2) is 5.92. The first-order chi connectivity index (χ1) is 9.04. The summed E-state index contributed by atoms with van der Waals surface area (Å²) in [5.41, 5.74) is 0.228. The van der Waals surface area contributed by atoms with Crippen molar-refractivity contribution in [2.24, 2.45) is 11.8 Å². The van der Waals surface area contributed by atoms with Crippen LogP contribution in [-0.4, -0.2) is 27.5 Å². The number of aliphatic hydroxyl groups is 1. The molecule has 0 saturated heterocycles. The van der Waals surface area contributed by atoms with Gasteiger partial charge in [-0.05, 0) is 24.7 Å². The van der Waals surface area contributed by atoms with Crippen LogP contribution in [0.5, 0.6) is 0 Å². The monoisotopic (exact) mass is 285 g/mol. The number of rotatable bonds is 4. The van der Waals surface area contributed by atoms with Crippen LogP contribution in [0, 0.1) is 11.8 Å². The van der Waals surface area contributed by atoms with Gasteiger partial charge >= 0.3 is 0 Å². The third-order valence-electron chi connectivity index (χ3n) is 4.10. The van der Waals surface area contributed by atoms with E-state index in [0.717, 1.165) is 6.42 Å². The molecule has 0 aliphatic heterocycles. The topological polar surface area (TPSA) is 67.2 Å². The van der Waals surface area contributed by atoms with E-state index in [1.165, 1.54) is 11.1 Å². The Hall–Kier alpha value is -1.07. The lowest BCUT2D eigenvalue weighted by atomic mass is 9.98. The van der Waals surface area contributed by atoms with Crippen LogP contribution in [0.1, 0.15) is 26.7 Å². The fourth-order valence-electron chi connectivity index (χ4n) is 2.59. The summed E-state index contributed by atoms with van der Waals surface area (Å²) in [5, 5.41) is 16.3. The minimum absolute atomic E-state index is 0.132. The Morgan fingerprint density at radius 1 is 1.53 bits per heavy atom. The molecule has 1 fully saturated rings. The molecule has 0 radical (unpaired) electrons. The Balaban J connectivity index is 2.18. The van der Waals surface area contributed by atoms with Gasteiger partial charge in [0.15, 0.2) is 0 Å². The van der Waals surface area contributed by atoms with E-state index in [4.69, 9.17) is 16.7 Å². The highest BCUT2D eigenvalue weighted by atomic mass is 35.5. The number of aliphatic hydroxyl groups excluding tert-OH is 1. The maximum Gasteiger partial charge on any atom is 0.287 e. The molecule has 1 heterocycles. The molecule has 0 bridgehead atoms. The van der Waals surface area contributed by atoms with Crippen LogP contribution in [-0.2, 0) is 6.54 Å². The van der Waals surface area contributed by atoms with E-state index in [2.05, 4.69) is 24.3 Å². The van der Waals surface area contributed by atoms with E-state index in [9.17, 15) is 4.79 Å². The van der Waals surface area contributed by atoms with E-state index in [0.29, 0.717) is 23.6 Å². The average Bonchev–Trinajstić information content (AvgIpc) is 2.70. The molecule has 0 aromatic carbocycles. The van der Waals surface area contributed by atoms with E-state index in [-0.39, 0.29) is 23.7 Å². The SMILES string of the molecule is CC1CCC(Nc2cnn(CCO)c(=O)c2Cl)C1C. The summed E-state index contributed by atoms with van der Waals surface area (Å²) >= 11 is 6.08. The molecule has 1 aliphatic carbocycles. The van der Waals surface area contributed by atoms with Crippen molar-refractivity contribution < 1.29 is 5.11 Å². The van der Waals surface area contributed by atoms with Crippen molar-refractivity contribution in [3.63, 3.8) is 0 Å². The average molecular weight is 286 g/mol. The van der Waals surface area contributed by atoms with Crippen LogP contribution in [0.25, 0.3) is 0 Å². The predicted molar refractivity (Wildman–Crippen MR) is 75.6 cm³/mol. The molecular formula is C13H20ClN3O2. The Morgan fingerprint density at radius 3 is 2.84 bits per heavy atom. The molecule has 3 atom stereocenters. The van der Waals surface area contributed by atoms with Gasteiger partial charge in [-0.15, -0.1) is 0 Å². The van der Waals surface area contributed by atoms with Crippen molar-refractivity contribution in [1.82, 2.24) is 9.78 Å². The van der Waals surface area contributed by atoms with Gasteiger partial charge in [0, 0.05) is 6.04 Å². The lowest BCUT2D eigenvalue weighted by Gasteiger charge is -2.21. The third-order valence-corrected chi connectivity index (χ3v) is 4.47. The summed E-state index contributed by atoms with van der Waals surface area (Å²) in [6.45, 7) is 4.48. The maximum absolute atomic E-state index is 11.9. The Labute approximate surface area is 117 Å². The lowest BCUT2D eigenvalue weighted by Crippen LogP contribution is -2.29. The Bertz CT molecular complexity index is 503. The van der Waals surface area contributed by atoms with Gasteiger partial charge in [-0.1, -0.05) is 25.4 Å². The zero-order chi connectivity index (χ0) is 14.0. The molecule has 1 aromatic rings. The van der Waals surface area contributed by atoms with Crippen LogP contribution in [0.2, 0.25) is 5.02 Å². The number of aromatic nitrogens is 2. The van der Waals surface area contributed by atoms with Crippen LogP contribution in [0.3, 0.4) is 0 Å². The summed E-state index contributed by atoms with van der Waals surface area (Å²) in [7, 11) is 0. The smallest absolute Gasteiger partial charge is 0.287 e. The highest BCUT2D eigenvalue weighted by Gasteiger charge is 2.30. The second-order valence-corrected chi connectivity index (χ2v) is 5.67. The molecule has 106 valence electrons. The number of anilines is 1. The minimum atomic E-state index is -0.362. The van der Waals surface area contributed by atoms with Gasteiger partial charge in [-0.3, -0.25) is 4.79 Å². The molecule has 0 amide bonds. The molecule has 0 spiro atoms. The van der Waals surface area contributed by atoms with Crippen molar-refractivity contribution in [1.29, 1.82) is 0 Å². The van der Waals surface area contributed by atoms with Gasteiger partial charge < -0.3 is 10.4 Å². The molecule has 6 heteroatoms. The van der Waals surface area contributed by atoms with E-state index >= 15 is 0 Å². The zero-order valence-electron chi connectivity index (χ0n) is 11.3. The molecule has 19 heavy (non-hydrogen) atoms. The lowest BCUT2D eigenvalue weighted by molar-refractivity contribution is 0.266. The minimum Gasteiger partial charge on any atom is -0.394 e. The molecule has 1 aromatic heterocycles. The normalized spacial score (nSPS) is 26.6. The van der Waals surface area contributed by atoms with Gasteiger partial charge in [0.1, 0.15) is 5.02 Å². The standard InChI is InChI=1S/C13H20ClN3O2/c1-8-3-4-10(9(8)2)16-11-7-15-17(5-6-18)13(19)12(11)14/h7-10,16,18H,3-6H2,1-2H3. The maximum atomic E-state index is 11.9. The number of hydrogen-bond donors (Lipinski definition) is 2. The summed E-state index contributed by atoms with van der Waals surface area (Å²) in [6.07, 6.45) is 3.83. The van der Waals surface area contributed by atoms with Gasteiger partial charge in [0.05, 0.1) is 25.0 Å². The first kappa shape index (κ1) is 14.3. The Kier molecular flexibility index (Phi) is 4.47. The molecule has 2 rings (SSSR count). The van der Waals surface area contributed by atoms with Crippen LogP contribution >= 0.6 is 11.6 Å². The highest BCUT2D eigenvalue weighted by Crippen LogP contribution is 2.33. The summed E-state index contributed by atoms with van der Waals surface area (Å²) in [5.74, 6) is 1.23. The predicted octanol–water partition coefficient (Wildman–Crippen LogP) is 1.74. The first-order valence-electron chi connectivity index (χ1n) is 6.67. The van der Waals surface area contributed by atoms with Crippen molar-refractivity contribution in [3.8, 4) is 0 Å². The van der Waals surface area contributed by atoms with E-state index < -0.39 is 0 Å². The summed E-state index contributed by atoms with van der Waals surface area (Å²) < 4.78 is 1.17. The van der Waals surface area contributed by atoms with Crippen LogP contribution in [0.4, 0.5) is 5.69 Å². The van der Waals surface area contributed by atoms with Crippen molar-refractivity contribution in [3.05, 3.63) is 21.6 Å². The largest absolute Gasteiger partial charge is 0.394 e. The number of nitrogens with one attached hydrogen (secondary N) is 1. The van der Waals surface area contributed by atoms with Crippen molar-refractivity contribution in [2.45, 2.75) is 39.3 Å². The number of halogens is 1. The molecular weight excluding hydrogens is 266 g/mol. The fraction of sp³-hybridized carbons (Fsp3) is 0.692. The number of nitrogens with zero attached hydrogens (tertiary/aromatic N) is 2. The highest BCUT2D eigenvalue weighted by molar-refractivity contribution is 6.32. The summed E-state index contributed by atoms with van der Waals surface area (Å²) in [6, 6.07) is 0.336. The molecule has 3 unspecified atom stereocenters. The molecule has 5 nitrogen and oxygen atoms in total. The second-order valence-electron chi connectivity index (χ2n) is 5.29. The first-order valence-corrected chi connectivity index (χ1v) is 7.05. The Morgan fingerprint density at radius 2 is 2.26 bits per heavy atom. The van der Waals surface area contributed by atoms with Crippen molar-refractivity contribution >= 4 is 17.3 Å². The molecule has 1 aliphatic rings. The number of hydrogen-bond acceptors (Lipinski definition) is 4. The van der Waals surface area contributed by atoms with Crippen LogP contribution in [0.15, 0.2) is 11.0 Å². The van der Waals surface area contributed by atoms with Gasteiger partial charge in [0.25, 0.3) is 5.56 Å².